The van der Waals surface area contributed by atoms with Gasteiger partial charge in [-0.25, -0.2) is 0 Å². The molecule has 17 heavy (non-hydrogen) atoms. The van der Waals surface area contributed by atoms with E-state index in [4.69, 9.17) is 10.8 Å². The van der Waals surface area contributed by atoms with E-state index < -0.39 is 5.97 Å². The van der Waals surface area contributed by atoms with E-state index in [1.165, 1.54) is 0 Å². The first-order valence-corrected chi connectivity index (χ1v) is 6.07. The van der Waals surface area contributed by atoms with E-state index in [2.05, 4.69) is 0 Å². The molecule has 0 saturated carbocycles. The molecule has 100 valence electrons. The van der Waals surface area contributed by atoms with E-state index in [1.807, 2.05) is 20.8 Å². The summed E-state index contributed by atoms with van der Waals surface area (Å²) in [7, 11) is 0. The van der Waals surface area contributed by atoms with E-state index in [9.17, 15) is 9.59 Å². The maximum Gasteiger partial charge on any atom is 0.305 e. The Morgan fingerprint density at radius 2 is 1.82 bits per heavy atom. The van der Waals surface area contributed by atoms with Crippen molar-refractivity contribution >= 4 is 11.9 Å². The van der Waals surface area contributed by atoms with Crippen LogP contribution in [-0.2, 0) is 9.59 Å². The number of carboxylic acids is 1. The summed E-state index contributed by atoms with van der Waals surface area (Å²) >= 11 is 0. The lowest BCUT2D eigenvalue weighted by Crippen LogP contribution is -2.46. The topological polar surface area (TPSA) is 83.6 Å². The molecule has 2 unspecified atom stereocenters. The van der Waals surface area contributed by atoms with Crippen LogP contribution in [0.4, 0.5) is 0 Å². The zero-order valence-electron chi connectivity index (χ0n) is 11.1. The number of nitrogens with zero attached hydrogens (tertiary/aromatic N) is 1. The normalized spacial score (nSPS) is 14.5. The standard InChI is InChI=1S/C12H24N2O3/c1-5-14(9(4)6-11(15)16)12(17)10(7-13)8(2)3/h8-10H,5-7,13H2,1-4H3,(H,15,16). The first-order chi connectivity index (χ1) is 7.84. The molecule has 0 bridgehead atoms. The number of nitrogens with two attached hydrogens (primary N) is 1. The lowest BCUT2D eigenvalue weighted by Gasteiger charge is -2.31. The van der Waals surface area contributed by atoms with Gasteiger partial charge in [0.15, 0.2) is 0 Å². The molecule has 0 aliphatic heterocycles. The molecule has 5 nitrogen and oxygen atoms in total. The number of carboxylic acid groups (broad SMARTS) is 1. The summed E-state index contributed by atoms with van der Waals surface area (Å²) in [6.07, 6.45) is -0.0328. The van der Waals surface area contributed by atoms with Crippen molar-refractivity contribution < 1.29 is 14.7 Å². The number of hydrogen-bond donors (Lipinski definition) is 2. The Balaban J connectivity index is 4.74. The van der Waals surface area contributed by atoms with Crippen LogP contribution in [0.5, 0.6) is 0 Å². The first kappa shape index (κ1) is 15.9. The van der Waals surface area contributed by atoms with E-state index >= 15 is 0 Å². The number of carbonyl (C=O) groups excluding carboxylic acids is 1. The van der Waals surface area contributed by atoms with Crippen LogP contribution in [-0.4, -0.2) is 41.0 Å². The lowest BCUT2D eigenvalue weighted by atomic mass is 9.93. The van der Waals surface area contributed by atoms with E-state index in [0.717, 1.165) is 0 Å². The fraction of sp³-hybridized carbons (Fsp3) is 0.833. The average Bonchev–Trinajstić information content (AvgIpc) is 2.17. The highest BCUT2D eigenvalue weighted by molar-refractivity contribution is 5.80. The molecule has 0 aromatic rings. The van der Waals surface area contributed by atoms with E-state index in [1.54, 1.807) is 11.8 Å². The Hall–Kier alpha value is -1.10. The molecular formula is C12H24N2O3. The van der Waals surface area contributed by atoms with Gasteiger partial charge in [0.05, 0.1) is 12.3 Å². The van der Waals surface area contributed by atoms with Crippen molar-refractivity contribution in [3.8, 4) is 0 Å². The molecule has 0 heterocycles. The van der Waals surface area contributed by atoms with Crippen LogP contribution in [0.3, 0.4) is 0 Å². The third kappa shape index (κ3) is 4.73. The number of aliphatic carboxylic acids is 1. The average molecular weight is 244 g/mol. The fourth-order valence-corrected chi connectivity index (χ4v) is 1.92. The van der Waals surface area contributed by atoms with E-state index in [-0.39, 0.29) is 30.2 Å². The highest BCUT2D eigenvalue weighted by Gasteiger charge is 2.28. The van der Waals surface area contributed by atoms with Gasteiger partial charge in [-0.05, 0) is 19.8 Å². The van der Waals surface area contributed by atoms with Gasteiger partial charge < -0.3 is 15.7 Å². The summed E-state index contributed by atoms with van der Waals surface area (Å²) in [5, 5.41) is 8.75. The van der Waals surface area contributed by atoms with Crippen LogP contribution >= 0.6 is 0 Å². The van der Waals surface area contributed by atoms with Crippen LogP contribution in [0.2, 0.25) is 0 Å². The van der Waals surface area contributed by atoms with Crippen molar-refractivity contribution in [1.82, 2.24) is 4.90 Å². The zero-order chi connectivity index (χ0) is 13.6. The van der Waals surface area contributed by atoms with Crippen molar-refractivity contribution in [3.63, 3.8) is 0 Å². The highest BCUT2D eigenvalue weighted by Crippen LogP contribution is 2.16. The Kier molecular flexibility index (Phi) is 6.80. The van der Waals surface area contributed by atoms with Crippen LogP contribution < -0.4 is 5.73 Å². The number of hydrogen-bond acceptors (Lipinski definition) is 3. The quantitative estimate of drug-likeness (QED) is 0.697. The van der Waals surface area contributed by atoms with Gasteiger partial charge in [0.2, 0.25) is 5.91 Å². The molecule has 0 aliphatic rings. The third-order valence-corrected chi connectivity index (χ3v) is 3.00. The molecule has 0 spiro atoms. The van der Waals surface area contributed by atoms with Crippen molar-refractivity contribution in [2.24, 2.45) is 17.6 Å². The molecule has 3 N–H and O–H groups in total. The zero-order valence-corrected chi connectivity index (χ0v) is 11.1. The Bertz CT molecular complexity index is 266. The summed E-state index contributed by atoms with van der Waals surface area (Å²) in [5.74, 6) is -0.999. The Morgan fingerprint density at radius 3 is 2.12 bits per heavy atom. The smallest absolute Gasteiger partial charge is 0.305 e. The van der Waals surface area contributed by atoms with Crippen molar-refractivity contribution in [1.29, 1.82) is 0 Å². The Morgan fingerprint density at radius 1 is 1.29 bits per heavy atom. The molecule has 0 rings (SSSR count). The lowest BCUT2D eigenvalue weighted by molar-refractivity contribution is -0.142. The van der Waals surface area contributed by atoms with Gasteiger partial charge in [-0.2, -0.15) is 0 Å². The van der Waals surface area contributed by atoms with Gasteiger partial charge >= 0.3 is 5.97 Å². The van der Waals surface area contributed by atoms with Crippen molar-refractivity contribution in [2.45, 2.75) is 40.2 Å². The second-order valence-corrected chi connectivity index (χ2v) is 4.66. The van der Waals surface area contributed by atoms with Crippen molar-refractivity contribution in [2.75, 3.05) is 13.1 Å². The summed E-state index contributed by atoms with van der Waals surface area (Å²) in [4.78, 5) is 24.5. The van der Waals surface area contributed by atoms with Crippen LogP contribution in [0.25, 0.3) is 0 Å². The predicted octanol–water partition coefficient (Wildman–Crippen LogP) is 0.929. The first-order valence-electron chi connectivity index (χ1n) is 6.07. The fourth-order valence-electron chi connectivity index (χ4n) is 1.92. The summed E-state index contributed by atoms with van der Waals surface area (Å²) in [5.41, 5.74) is 5.60. The van der Waals surface area contributed by atoms with Gasteiger partial charge in [-0.1, -0.05) is 13.8 Å². The second-order valence-electron chi connectivity index (χ2n) is 4.66. The van der Waals surface area contributed by atoms with Crippen LogP contribution in [0.15, 0.2) is 0 Å². The van der Waals surface area contributed by atoms with Gasteiger partial charge in [0.1, 0.15) is 0 Å². The molecule has 0 fully saturated rings. The molecule has 5 heteroatoms. The molecule has 1 amide bonds. The second kappa shape index (κ2) is 7.27. The molecule has 0 saturated heterocycles. The number of carbonyl (C=O) groups is 2. The largest absolute Gasteiger partial charge is 0.481 e. The number of amides is 1. The summed E-state index contributed by atoms with van der Waals surface area (Å²) < 4.78 is 0. The maximum absolute atomic E-state index is 12.2. The number of rotatable bonds is 7. The molecule has 0 radical (unpaired) electrons. The Labute approximate surface area is 103 Å². The van der Waals surface area contributed by atoms with Gasteiger partial charge in [-0.3, -0.25) is 9.59 Å². The minimum absolute atomic E-state index is 0.0328. The minimum Gasteiger partial charge on any atom is -0.481 e. The molecular weight excluding hydrogens is 220 g/mol. The third-order valence-electron chi connectivity index (χ3n) is 3.00. The monoisotopic (exact) mass is 244 g/mol. The molecule has 2 atom stereocenters. The molecule has 0 aliphatic carbocycles. The summed E-state index contributed by atoms with van der Waals surface area (Å²) in [6.45, 7) is 8.31. The highest BCUT2D eigenvalue weighted by atomic mass is 16.4. The van der Waals surface area contributed by atoms with Gasteiger partial charge in [0, 0.05) is 19.1 Å². The predicted molar refractivity (Wildman–Crippen MR) is 66.5 cm³/mol. The maximum atomic E-state index is 12.2. The summed E-state index contributed by atoms with van der Waals surface area (Å²) in [6, 6.07) is -0.294. The molecule has 0 aromatic heterocycles. The van der Waals surface area contributed by atoms with E-state index in [0.29, 0.717) is 13.1 Å². The van der Waals surface area contributed by atoms with Crippen LogP contribution in [0.1, 0.15) is 34.1 Å². The van der Waals surface area contributed by atoms with Crippen LogP contribution in [0, 0.1) is 11.8 Å². The van der Waals surface area contributed by atoms with Gasteiger partial charge in [0.25, 0.3) is 0 Å². The SMILES string of the molecule is CCN(C(=O)C(CN)C(C)C)C(C)CC(=O)O. The minimum atomic E-state index is -0.891. The molecule has 0 aromatic carbocycles. The van der Waals surface area contributed by atoms with Crippen molar-refractivity contribution in [3.05, 3.63) is 0 Å². The van der Waals surface area contributed by atoms with Gasteiger partial charge in [-0.15, -0.1) is 0 Å².